The number of hydrogen-bond donors (Lipinski definition) is 2. The van der Waals surface area contributed by atoms with Gasteiger partial charge in [0.25, 0.3) is 0 Å². The Kier molecular flexibility index (Phi) is 4.38. The normalized spacial score (nSPS) is 12.4. The molecule has 1 heterocycles. The van der Waals surface area contributed by atoms with Crippen LogP contribution in [0, 0.1) is 2.88 Å². The van der Waals surface area contributed by atoms with E-state index in [-0.39, 0.29) is 6.04 Å². The SMILES string of the molecule is COc1cccc(C(NN)c2csc(I)c2)c1. The monoisotopic (exact) mass is 360 g/mol. The second kappa shape index (κ2) is 5.81. The molecule has 0 spiro atoms. The highest BCUT2D eigenvalue weighted by molar-refractivity contribution is 14.1. The third kappa shape index (κ3) is 2.98. The third-order valence-corrected chi connectivity index (χ3v) is 4.32. The fourth-order valence-corrected chi connectivity index (χ4v) is 3.08. The first-order valence-corrected chi connectivity index (χ1v) is 7.04. The molecule has 1 unspecified atom stereocenters. The highest BCUT2D eigenvalue weighted by Gasteiger charge is 2.14. The summed E-state index contributed by atoms with van der Waals surface area (Å²) in [4.78, 5) is 0. The fraction of sp³-hybridized carbons (Fsp3) is 0.167. The zero-order valence-corrected chi connectivity index (χ0v) is 12.3. The Morgan fingerprint density at radius 2 is 2.18 bits per heavy atom. The van der Waals surface area contributed by atoms with Gasteiger partial charge in [0.2, 0.25) is 0 Å². The van der Waals surface area contributed by atoms with Crippen LogP contribution in [0.5, 0.6) is 5.75 Å². The molecule has 0 bridgehead atoms. The standard InChI is InChI=1S/C12H13IN2OS/c1-16-10-4-2-3-8(5-10)12(15-14)9-6-11(13)17-7-9/h2-7,12,15H,14H2,1H3. The molecule has 0 aliphatic rings. The van der Waals surface area contributed by atoms with Gasteiger partial charge >= 0.3 is 0 Å². The zero-order chi connectivity index (χ0) is 12.3. The van der Waals surface area contributed by atoms with Crippen molar-refractivity contribution in [2.75, 3.05) is 7.11 Å². The lowest BCUT2D eigenvalue weighted by Gasteiger charge is -2.15. The Labute approximate surface area is 118 Å². The number of rotatable bonds is 4. The molecule has 17 heavy (non-hydrogen) atoms. The lowest BCUT2D eigenvalue weighted by Crippen LogP contribution is -2.28. The van der Waals surface area contributed by atoms with E-state index < -0.39 is 0 Å². The smallest absolute Gasteiger partial charge is 0.119 e. The van der Waals surface area contributed by atoms with Gasteiger partial charge in [-0.3, -0.25) is 5.84 Å². The molecule has 1 aromatic heterocycles. The predicted molar refractivity (Wildman–Crippen MR) is 79.2 cm³/mol. The molecule has 0 saturated carbocycles. The van der Waals surface area contributed by atoms with Crippen LogP contribution in [0.3, 0.4) is 0 Å². The van der Waals surface area contributed by atoms with Gasteiger partial charge in [0.05, 0.1) is 16.0 Å². The van der Waals surface area contributed by atoms with Crippen molar-refractivity contribution in [1.29, 1.82) is 0 Å². The molecule has 3 N–H and O–H groups in total. The summed E-state index contributed by atoms with van der Waals surface area (Å²) in [6.07, 6.45) is 0. The first kappa shape index (κ1) is 12.8. The van der Waals surface area contributed by atoms with E-state index in [1.54, 1.807) is 18.4 Å². The van der Waals surface area contributed by atoms with Gasteiger partial charge in [-0.05, 0) is 57.3 Å². The second-order valence-corrected chi connectivity index (χ2v) is 6.37. The predicted octanol–water partition coefficient (Wildman–Crippen LogP) is 2.91. The number of methoxy groups -OCH3 is 1. The Hall–Kier alpha value is -0.630. The number of nitrogens with one attached hydrogen (secondary N) is 1. The van der Waals surface area contributed by atoms with Crippen molar-refractivity contribution in [2.24, 2.45) is 5.84 Å². The number of benzene rings is 1. The summed E-state index contributed by atoms with van der Waals surface area (Å²) in [5.74, 6) is 6.49. The molecule has 3 nitrogen and oxygen atoms in total. The summed E-state index contributed by atoms with van der Waals surface area (Å²) in [5, 5.41) is 2.12. The van der Waals surface area contributed by atoms with Crippen LogP contribution < -0.4 is 16.0 Å². The van der Waals surface area contributed by atoms with E-state index in [0.717, 1.165) is 11.3 Å². The molecular weight excluding hydrogens is 347 g/mol. The van der Waals surface area contributed by atoms with Crippen molar-refractivity contribution < 1.29 is 4.74 Å². The van der Waals surface area contributed by atoms with Gasteiger partial charge in [-0.15, -0.1) is 11.3 Å². The summed E-state index contributed by atoms with van der Waals surface area (Å²) >= 11 is 4.02. The molecule has 0 saturated heterocycles. The van der Waals surface area contributed by atoms with E-state index in [1.807, 2.05) is 24.3 Å². The lowest BCUT2D eigenvalue weighted by atomic mass is 10.0. The van der Waals surface area contributed by atoms with Crippen molar-refractivity contribution in [3.8, 4) is 5.75 Å². The fourth-order valence-electron chi connectivity index (χ4n) is 1.68. The molecule has 0 amide bonds. The van der Waals surface area contributed by atoms with E-state index in [0.29, 0.717) is 0 Å². The maximum absolute atomic E-state index is 5.65. The minimum absolute atomic E-state index is 0.00451. The maximum atomic E-state index is 5.65. The molecule has 2 aromatic rings. The number of ether oxygens (including phenoxy) is 1. The molecule has 0 aliphatic heterocycles. The Bertz CT molecular complexity index is 501. The van der Waals surface area contributed by atoms with Gasteiger partial charge in [0.15, 0.2) is 0 Å². The van der Waals surface area contributed by atoms with Crippen molar-refractivity contribution in [3.05, 3.63) is 49.7 Å². The molecular formula is C12H13IN2OS. The van der Waals surface area contributed by atoms with E-state index in [4.69, 9.17) is 10.6 Å². The third-order valence-electron chi connectivity index (χ3n) is 2.51. The highest BCUT2D eigenvalue weighted by atomic mass is 127. The average Bonchev–Trinajstić information content (AvgIpc) is 2.77. The van der Waals surface area contributed by atoms with Crippen LogP contribution in [0.4, 0.5) is 0 Å². The molecule has 1 aromatic carbocycles. The van der Waals surface area contributed by atoms with Crippen LogP contribution in [0.15, 0.2) is 35.7 Å². The van der Waals surface area contributed by atoms with Crippen LogP contribution in [-0.2, 0) is 0 Å². The summed E-state index contributed by atoms with van der Waals surface area (Å²) in [6.45, 7) is 0. The topological polar surface area (TPSA) is 47.3 Å². The molecule has 0 radical (unpaired) electrons. The van der Waals surface area contributed by atoms with Gasteiger partial charge in [0, 0.05) is 0 Å². The lowest BCUT2D eigenvalue weighted by molar-refractivity contribution is 0.413. The summed E-state index contributed by atoms with van der Waals surface area (Å²) < 4.78 is 6.47. The number of halogens is 1. The van der Waals surface area contributed by atoms with Crippen LogP contribution in [0.1, 0.15) is 17.2 Å². The van der Waals surface area contributed by atoms with Crippen molar-refractivity contribution >= 4 is 33.9 Å². The minimum atomic E-state index is 0.00451. The van der Waals surface area contributed by atoms with Gasteiger partial charge < -0.3 is 4.74 Å². The number of nitrogens with two attached hydrogens (primary N) is 1. The van der Waals surface area contributed by atoms with E-state index in [1.165, 1.54) is 8.45 Å². The summed E-state index contributed by atoms with van der Waals surface area (Å²) in [6, 6.07) is 10.1. The first-order chi connectivity index (χ1) is 8.24. The van der Waals surface area contributed by atoms with Crippen LogP contribution in [-0.4, -0.2) is 7.11 Å². The summed E-state index contributed by atoms with van der Waals surface area (Å²) in [7, 11) is 1.66. The maximum Gasteiger partial charge on any atom is 0.119 e. The number of thiophene rings is 1. The van der Waals surface area contributed by atoms with Crippen LogP contribution in [0.25, 0.3) is 0 Å². The van der Waals surface area contributed by atoms with Crippen molar-refractivity contribution in [1.82, 2.24) is 5.43 Å². The molecule has 2 rings (SSSR count). The molecule has 0 aliphatic carbocycles. The van der Waals surface area contributed by atoms with E-state index in [2.05, 4.69) is 39.5 Å². The quantitative estimate of drug-likeness (QED) is 0.501. The van der Waals surface area contributed by atoms with Crippen LogP contribution >= 0.6 is 33.9 Å². The zero-order valence-electron chi connectivity index (χ0n) is 9.31. The molecule has 90 valence electrons. The van der Waals surface area contributed by atoms with Gasteiger partial charge in [-0.2, -0.15) is 0 Å². The van der Waals surface area contributed by atoms with Crippen molar-refractivity contribution in [3.63, 3.8) is 0 Å². The number of hydrazine groups is 1. The Morgan fingerprint density at radius 3 is 2.76 bits per heavy atom. The Balaban J connectivity index is 2.34. The average molecular weight is 360 g/mol. The molecule has 5 heteroatoms. The first-order valence-electron chi connectivity index (χ1n) is 5.08. The van der Waals surface area contributed by atoms with Crippen molar-refractivity contribution in [2.45, 2.75) is 6.04 Å². The van der Waals surface area contributed by atoms with E-state index in [9.17, 15) is 0 Å². The highest BCUT2D eigenvalue weighted by Crippen LogP contribution is 2.28. The Morgan fingerprint density at radius 1 is 1.35 bits per heavy atom. The van der Waals surface area contributed by atoms with Gasteiger partial charge in [0.1, 0.15) is 5.75 Å². The van der Waals surface area contributed by atoms with Crippen LogP contribution in [0.2, 0.25) is 0 Å². The van der Waals surface area contributed by atoms with E-state index >= 15 is 0 Å². The molecule has 0 fully saturated rings. The van der Waals surface area contributed by atoms with Gasteiger partial charge in [-0.25, -0.2) is 5.43 Å². The second-order valence-electron chi connectivity index (χ2n) is 3.56. The number of hydrogen-bond acceptors (Lipinski definition) is 4. The molecule has 1 atom stereocenters. The minimum Gasteiger partial charge on any atom is -0.497 e. The summed E-state index contributed by atoms with van der Waals surface area (Å²) in [5.41, 5.74) is 5.12. The largest absolute Gasteiger partial charge is 0.497 e. The van der Waals surface area contributed by atoms with Gasteiger partial charge in [-0.1, -0.05) is 12.1 Å².